The van der Waals surface area contributed by atoms with Crippen molar-refractivity contribution in [3.8, 4) is 6.01 Å². The van der Waals surface area contributed by atoms with E-state index in [1.807, 2.05) is 0 Å². The van der Waals surface area contributed by atoms with E-state index >= 15 is 0 Å². The van der Waals surface area contributed by atoms with Gasteiger partial charge < -0.3 is 15.2 Å². The molecular weight excluding hydrogens is 232 g/mol. The summed E-state index contributed by atoms with van der Waals surface area (Å²) in [4.78, 5) is 11.7. The Kier molecular flexibility index (Phi) is 3.11. The van der Waals surface area contributed by atoms with Crippen LogP contribution >= 0.6 is 11.6 Å². The number of hydrogen-bond acceptors (Lipinski definition) is 6. The van der Waals surface area contributed by atoms with E-state index in [2.05, 4.69) is 20.3 Å². The maximum atomic E-state index is 9.15. The standard InChI is InChI=1S/C9H13ClN4O2/c1-16-8-13-6(10)12-7(14-8)11-4-9(5-15)2-3-9/h15H,2-5H2,1H3,(H,11,12,13,14). The molecule has 1 aliphatic rings. The van der Waals surface area contributed by atoms with Crippen LogP contribution in [0.25, 0.3) is 0 Å². The van der Waals surface area contributed by atoms with Gasteiger partial charge in [-0.1, -0.05) is 0 Å². The molecule has 1 heterocycles. The zero-order valence-corrected chi connectivity index (χ0v) is 9.66. The molecule has 1 fully saturated rings. The van der Waals surface area contributed by atoms with Gasteiger partial charge in [0, 0.05) is 12.0 Å². The maximum absolute atomic E-state index is 9.15. The van der Waals surface area contributed by atoms with Gasteiger partial charge in [-0.05, 0) is 24.4 Å². The lowest BCUT2D eigenvalue weighted by molar-refractivity contribution is 0.219. The topological polar surface area (TPSA) is 80.2 Å². The van der Waals surface area contributed by atoms with Crippen LogP contribution in [0.2, 0.25) is 5.28 Å². The van der Waals surface area contributed by atoms with Gasteiger partial charge in [0.1, 0.15) is 0 Å². The highest BCUT2D eigenvalue weighted by Crippen LogP contribution is 2.44. The zero-order chi connectivity index (χ0) is 11.6. The SMILES string of the molecule is COc1nc(Cl)nc(NCC2(CO)CC2)n1. The fourth-order valence-electron chi connectivity index (χ4n) is 1.34. The summed E-state index contributed by atoms with van der Waals surface area (Å²) in [6.07, 6.45) is 2.04. The number of anilines is 1. The Bertz CT molecular complexity index is 384. The third-order valence-corrected chi connectivity index (χ3v) is 2.85. The first-order valence-corrected chi connectivity index (χ1v) is 5.35. The highest BCUT2D eigenvalue weighted by Gasteiger charge is 2.41. The molecule has 6 nitrogen and oxygen atoms in total. The minimum atomic E-state index is -0.00760. The quantitative estimate of drug-likeness (QED) is 0.795. The summed E-state index contributed by atoms with van der Waals surface area (Å²) >= 11 is 5.70. The highest BCUT2D eigenvalue weighted by atomic mass is 35.5. The number of hydrogen-bond donors (Lipinski definition) is 2. The van der Waals surface area contributed by atoms with Crippen LogP contribution in [-0.4, -0.2) is 40.3 Å². The molecule has 7 heteroatoms. The van der Waals surface area contributed by atoms with Crippen molar-refractivity contribution in [2.75, 3.05) is 25.6 Å². The minimum Gasteiger partial charge on any atom is -0.467 e. The number of aliphatic hydroxyl groups is 1. The van der Waals surface area contributed by atoms with Crippen molar-refractivity contribution in [2.45, 2.75) is 12.8 Å². The molecule has 0 bridgehead atoms. The fourth-order valence-corrected chi connectivity index (χ4v) is 1.49. The van der Waals surface area contributed by atoms with Gasteiger partial charge in [-0.2, -0.15) is 15.0 Å². The van der Waals surface area contributed by atoms with E-state index in [1.54, 1.807) is 0 Å². The van der Waals surface area contributed by atoms with Crippen LogP contribution in [0.3, 0.4) is 0 Å². The van der Waals surface area contributed by atoms with Gasteiger partial charge in [0.15, 0.2) is 0 Å². The predicted octanol–water partition coefficient (Wildman–Crippen LogP) is 0.718. The van der Waals surface area contributed by atoms with Crippen molar-refractivity contribution < 1.29 is 9.84 Å². The molecule has 1 aromatic heterocycles. The van der Waals surface area contributed by atoms with Gasteiger partial charge in [0.2, 0.25) is 11.2 Å². The van der Waals surface area contributed by atoms with Crippen molar-refractivity contribution in [1.82, 2.24) is 15.0 Å². The molecule has 0 atom stereocenters. The second kappa shape index (κ2) is 4.39. The molecule has 0 radical (unpaired) electrons. The summed E-state index contributed by atoms with van der Waals surface area (Å²) in [6, 6.07) is 0.177. The molecule has 1 aromatic rings. The van der Waals surface area contributed by atoms with Gasteiger partial charge in [-0.3, -0.25) is 0 Å². The third-order valence-electron chi connectivity index (χ3n) is 2.68. The molecule has 0 spiro atoms. The molecule has 88 valence electrons. The molecule has 0 aromatic carbocycles. The summed E-state index contributed by atoms with van der Waals surface area (Å²) in [6.45, 7) is 0.808. The van der Waals surface area contributed by atoms with Gasteiger partial charge in [0.25, 0.3) is 0 Å². The molecule has 16 heavy (non-hydrogen) atoms. The van der Waals surface area contributed by atoms with Crippen LogP contribution in [-0.2, 0) is 0 Å². The summed E-state index contributed by atoms with van der Waals surface area (Å²) in [5.74, 6) is 0.372. The first kappa shape index (κ1) is 11.3. The van der Waals surface area contributed by atoms with Crippen LogP contribution in [0.15, 0.2) is 0 Å². The second-order valence-corrected chi connectivity index (χ2v) is 4.26. The number of aliphatic hydroxyl groups excluding tert-OH is 1. The lowest BCUT2D eigenvalue weighted by Crippen LogP contribution is -2.20. The molecule has 1 saturated carbocycles. The van der Waals surface area contributed by atoms with Gasteiger partial charge in [-0.15, -0.1) is 0 Å². The lowest BCUT2D eigenvalue weighted by atomic mass is 10.1. The number of halogens is 1. The summed E-state index contributed by atoms with van der Waals surface area (Å²) in [7, 11) is 1.46. The van der Waals surface area contributed by atoms with Crippen molar-refractivity contribution in [2.24, 2.45) is 5.41 Å². The number of nitrogens with zero attached hydrogens (tertiary/aromatic N) is 3. The molecule has 2 N–H and O–H groups in total. The number of aromatic nitrogens is 3. The summed E-state index contributed by atoms with van der Waals surface area (Å²) in [5.41, 5.74) is -0.00760. The predicted molar refractivity (Wildman–Crippen MR) is 58.6 cm³/mol. The first-order valence-electron chi connectivity index (χ1n) is 4.98. The van der Waals surface area contributed by atoms with Crippen LogP contribution in [0, 0.1) is 5.41 Å². The van der Waals surface area contributed by atoms with Crippen LogP contribution < -0.4 is 10.1 Å². The van der Waals surface area contributed by atoms with Gasteiger partial charge in [0.05, 0.1) is 13.7 Å². The molecule has 0 amide bonds. The number of methoxy groups -OCH3 is 1. The highest BCUT2D eigenvalue weighted by molar-refractivity contribution is 6.28. The van der Waals surface area contributed by atoms with E-state index in [1.165, 1.54) is 7.11 Å². The molecule has 0 aliphatic heterocycles. The molecule has 0 unspecified atom stereocenters. The van der Waals surface area contributed by atoms with Crippen molar-refractivity contribution in [3.63, 3.8) is 0 Å². The average molecular weight is 245 g/mol. The Balaban J connectivity index is 2.01. The fraction of sp³-hybridized carbons (Fsp3) is 0.667. The van der Waals surface area contributed by atoms with Crippen molar-refractivity contribution in [3.05, 3.63) is 5.28 Å². The van der Waals surface area contributed by atoms with Gasteiger partial charge in [-0.25, -0.2) is 0 Å². The van der Waals surface area contributed by atoms with Crippen LogP contribution in [0.4, 0.5) is 5.95 Å². The van der Waals surface area contributed by atoms with Crippen molar-refractivity contribution >= 4 is 17.5 Å². The Morgan fingerprint density at radius 3 is 2.75 bits per heavy atom. The third kappa shape index (κ3) is 2.51. The molecule has 0 saturated heterocycles. The smallest absolute Gasteiger partial charge is 0.322 e. The Hall–Kier alpha value is -1.14. The number of rotatable bonds is 5. The summed E-state index contributed by atoms with van der Waals surface area (Å²) in [5, 5.41) is 12.3. The van der Waals surface area contributed by atoms with E-state index in [4.69, 9.17) is 21.4 Å². The van der Waals surface area contributed by atoms with Gasteiger partial charge >= 0.3 is 6.01 Å². The monoisotopic (exact) mass is 244 g/mol. The van der Waals surface area contributed by atoms with E-state index in [-0.39, 0.29) is 23.3 Å². The lowest BCUT2D eigenvalue weighted by Gasteiger charge is -2.12. The second-order valence-electron chi connectivity index (χ2n) is 3.93. The zero-order valence-electron chi connectivity index (χ0n) is 8.90. The first-order chi connectivity index (χ1) is 7.67. The molecular formula is C9H13ClN4O2. The normalized spacial score (nSPS) is 16.9. The Labute approximate surface area is 98.0 Å². The van der Waals surface area contributed by atoms with Crippen LogP contribution in [0.5, 0.6) is 6.01 Å². The Morgan fingerprint density at radius 2 is 2.19 bits per heavy atom. The van der Waals surface area contributed by atoms with E-state index in [9.17, 15) is 0 Å². The van der Waals surface area contributed by atoms with E-state index in [0.29, 0.717) is 12.5 Å². The van der Waals surface area contributed by atoms with E-state index < -0.39 is 0 Å². The molecule has 2 rings (SSSR count). The number of nitrogens with one attached hydrogen (secondary N) is 1. The molecule has 1 aliphatic carbocycles. The van der Waals surface area contributed by atoms with E-state index in [0.717, 1.165) is 12.8 Å². The summed E-state index contributed by atoms with van der Waals surface area (Å²) < 4.78 is 4.87. The average Bonchev–Trinajstić information content (AvgIpc) is 3.06. The maximum Gasteiger partial charge on any atom is 0.322 e. The largest absolute Gasteiger partial charge is 0.467 e. The van der Waals surface area contributed by atoms with Crippen LogP contribution in [0.1, 0.15) is 12.8 Å². The minimum absolute atomic E-state index is 0.00760. The number of ether oxygens (including phenoxy) is 1. The van der Waals surface area contributed by atoms with Crippen molar-refractivity contribution in [1.29, 1.82) is 0 Å². The Morgan fingerprint density at radius 1 is 1.44 bits per heavy atom.